The summed E-state index contributed by atoms with van der Waals surface area (Å²) in [6.07, 6.45) is 0. The lowest BCUT2D eigenvalue weighted by Crippen LogP contribution is -2.35. The molecule has 0 atom stereocenters. The van der Waals surface area contributed by atoms with E-state index in [0.29, 0.717) is 15.9 Å². The number of imidazole rings is 1. The molecule has 0 amide bonds. The Kier molecular flexibility index (Phi) is 4.18. The van der Waals surface area contributed by atoms with Gasteiger partial charge in [0.2, 0.25) is 5.95 Å². The minimum absolute atomic E-state index is 0.310. The van der Waals surface area contributed by atoms with Crippen LogP contribution in [-0.4, -0.2) is 45.6 Å². The smallest absolute Gasteiger partial charge is 0.201 e. The van der Waals surface area contributed by atoms with E-state index in [2.05, 4.69) is 25.8 Å². The minimum Gasteiger partial charge on any atom is -0.369 e. The molecule has 0 saturated carbocycles. The van der Waals surface area contributed by atoms with Crippen molar-refractivity contribution in [2.75, 3.05) is 36.9 Å². The van der Waals surface area contributed by atoms with E-state index in [9.17, 15) is 4.39 Å². The third kappa shape index (κ3) is 2.80. The van der Waals surface area contributed by atoms with Crippen molar-refractivity contribution in [3.63, 3.8) is 0 Å². The van der Waals surface area contributed by atoms with E-state index in [4.69, 9.17) is 5.73 Å². The Balaban J connectivity index is 1.83. The Hall–Kier alpha value is -0.790. The van der Waals surface area contributed by atoms with Crippen LogP contribution in [0.25, 0.3) is 11.0 Å². The van der Waals surface area contributed by atoms with Crippen molar-refractivity contribution in [3.05, 3.63) is 22.4 Å². The van der Waals surface area contributed by atoms with Gasteiger partial charge in [-0.25, -0.2) is 9.37 Å². The number of aromatic nitrogens is 2. The first-order valence-electron chi connectivity index (χ1n) is 6.56. The molecule has 0 unspecified atom stereocenters. The summed E-state index contributed by atoms with van der Waals surface area (Å²) in [6.45, 7) is 3.97. The summed E-state index contributed by atoms with van der Waals surface area (Å²) in [5, 5.41) is 0. The summed E-state index contributed by atoms with van der Waals surface area (Å²) in [6, 6.07) is 3.17. The van der Waals surface area contributed by atoms with Gasteiger partial charge in [-0.3, -0.25) is 4.90 Å². The standard InChI is InChI=1S/C13H16BrFN4S/c14-9-7-12-11(8-10(9)15)17-13(16)19(12)2-1-18-3-5-20-6-4-18/h7-8H,1-6H2,(H2,16,17). The highest BCUT2D eigenvalue weighted by Crippen LogP contribution is 2.25. The fourth-order valence-electron chi connectivity index (χ4n) is 2.44. The van der Waals surface area contributed by atoms with Crippen LogP contribution >= 0.6 is 27.7 Å². The van der Waals surface area contributed by atoms with E-state index in [0.717, 1.165) is 31.7 Å². The van der Waals surface area contributed by atoms with E-state index < -0.39 is 0 Å². The van der Waals surface area contributed by atoms with Gasteiger partial charge in [-0.2, -0.15) is 11.8 Å². The zero-order chi connectivity index (χ0) is 14.1. The molecule has 2 N–H and O–H groups in total. The number of rotatable bonds is 3. The molecule has 0 radical (unpaired) electrons. The summed E-state index contributed by atoms with van der Waals surface area (Å²) >= 11 is 5.22. The number of halogens is 2. The molecule has 1 aromatic heterocycles. The first kappa shape index (κ1) is 14.2. The Morgan fingerprint density at radius 2 is 2.05 bits per heavy atom. The van der Waals surface area contributed by atoms with Crippen LogP contribution in [0.4, 0.5) is 10.3 Å². The van der Waals surface area contributed by atoms with Gasteiger partial charge >= 0.3 is 0 Å². The highest BCUT2D eigenvalue weighted by Gasteiger charge is 2.14. The fraction of sp³-hybridized carbons (Fsp3) is 0.462. The highest BCUT2D eigenvalue weighted by atomic mass is 79.9. The summed E-state index contributed by atoms with van der Waals surface area (Å²) in [5.41, 5.74) is 7.45. The largest absolute Gasteiger partial charge is 0.369 e. The van der Waals surface area contributed by atoms with Gasteiger partial charge < -0.3 is 10.3 Å². The van der Waals surface area contributed by atoms with Crippen molar-refractivity contribution in [2.24, 2.45) is 0 Å². The number of fused-ring (bicyclic) bond motifs is 1. The Morgan fingerprint density at radius 1 is 1.30 bits per heavy atom. The molecule has 1 aliphatic rings. The lowest BCUT2D eigenvalue weighted by molar-refractivity contribution is 0.291. The maximum absolute atomic E-state index is 13.5. The van der Waals surface area contributed by atoms with Gasteiger partial charge in [-0.15, -0.1) is 0 Å². The lowest BCUT2D eigenvalue weighted by Gasteiger charge is -2.26. The Morgan fingerprint density at radius 3 is 2.80 bits per heavy atom. The molecule has 0 bridgehead atoms. The van der Waals surface area contributed by atoms with Gasteiger partial charge in [0.25, 0.3) is 0 Å². The van der Waals surface area contributed by atoms with Gasteiger partial charge in [0.05, 0.1) is 15.5 Å². The number of benzene rings is 1. The molecular weight excluding hydrogens is 343 g/mol. The van der Waals surface area contributed by atoms with Crippen molar-refractivity contribution in [2.45, 2.75) is 6.54 Å². The van der Waals surface area contributed by atoms with Crippen molar-refractivity contribution in [1.29, 1.82) is 0 Å². The van der Waals surface area contributed by atoms with Crippen molar-refractivity contribution in [1.82, 2.24) is 14.5 Å². The fourth-order valence-corrected chi connectivity index (χ4v) is 3.75. The first-order chi connectivity index (χ1) is 9.65. The second-order valence-electron chi connectivity index (χ2n) is 4.83. The molecule has 4 nitrogen and oxygen atoms in total. The minimum atomic E-state index is -0.310. The third-order valence-electron chi connectivity index (χ3n) is 3.56. The Bertz CT molecular complexity index is 624. The van der Waals surface area contributed by atoms with E-state index in [1.807, 2.05) is 16.3 Å². The monoisotopic (exact) mass is 358 g/mol. The summed E-state index contributed by atoms with van der Waals surface area (Å²) in [4.78, 5) is 6.67. The first-order valence-corrected chi connectivity index (χ1v) is 8.51. The summed E-state index contributed by atoms with van der Waals surface area (Å²) < 4.78 is 15.9. The SMILES string of the molecule is Nc1nc2cc(F)c(Br)cc2n1CCN1CCSCC1. The quantitative estimate of drug-likeness (QED) is 0.915. The van der Waals surface area contributed by atoms with Crippen LogP contribution in [-0.2, 0) is 6.54 Å². The molecule has 1 aliphatic heterocycles. The van der Waals surface area contributed by atoms with Gasteiger partial charge in [0.15, 0.2) is 0 Å². The molecular formula is C13H16BrFN4S. The Labute approximate surface area is 129 Å². The van der Waals surface area contributed by atoms with Crippen LogP contribution in [0.3, 0.4) is 0 Å². The van der Waals surface area contributed by atoms with Crippen molar-refractivity contribution in [3.8, 4) is 0 Å². The molecule has 0 aliphatic carbocycles. The van der Waals surface area contributed by atoms with Gasteiger partial charge in [0, 0.05) is 43.8 Å². The van der Waals surface area contributed by atoms with Crippen LogP contribution in [0.5, 0.6) is 0 Å². The summed E-state index contributed by atoms with van der Waals surface area (Å²) in [5.74, 6) is 2.52. The molecule has 108 valence electrons. The van der Waals surface area contributed by atoms with Crippen LogP contribution in [0.2, 0.25) is 0 Å². The normalized spacial score (nSPS) is 16.9. The lowest BCUT2D eigenvalue weighted by atomic mass is 10.3. The molecule has 2 aromatic rings. The number of hydrogen-bond donors (Lipinski definition) is 1. The second-order valence-corrected chi connectivity index (χ2v) is 6.91. The molecule has 1 saturated heterocycles. The van der Waals surface area contributed by atoms with Crippen LogP contribution in [0.1, 0.15) is 0 Å². The molecule has 7 heteroatoms. The molecule has 20 heavy (non-hydrogen) atoms. The van der Waals surface area contributed by atoms with Crippen LogP contribution < -0.4 is 5.73 Å². The van der Waals surface area contributed by atoms with Crippen molar-refractivity contribution < 1.29 is 4.39 Å². The number of nitrogen functional groups attached to an aromatic ring is 1. The van der Waals surface area contributed by atoms with Gasteiger partial charge in [0.1, 0.15) is 5.82 Å². The number of nitrogens with zero attached hydrogens (tertiary/aromatic N) is 3. The van der Waals surface area contributed by atoms with E-state index >= 15 is 0 Å². The molecule has 1 fully saturated rings. The average Bonchev–Trinajstić information content (AvgIpc) is 2.73. The number of anilines is 1. The third-order valence-corrected chi connectivity index (χ3v) is 5.11. The van der Waals surface area contributed by atoms with Crippen LogP contribution in [0.15, 0.2) is 16.6 Å². The molecule has 3 rings (SSSR count). The van der Waals surface area contributed by atoms with E-state index in [-0.39, 0.29) is 5.82 Å². The zero-order valence-electron chi connectivity index (χ0n) is 11.0. The van der Waals surface area contributed by atoms with Crippen LogP contribution in [0, 0.1) is 5.82 Å². The molecule has 0 spiro atoms. The maximum atomic E-state index is 13.5. The van der Waals surface area contributed by atoms with E-state index in [1.165, 1.54) is 17.6 Å². The second kappa shape index (κ2) is 5.91. The number of thioether (sulfide) groups is 1. The van der Waals surface area contributed by atoms with Crippen molar-refractivity contribution >= 4 is 44.7 Å². The number of hydrogen-bond acceptors (Lipinski definition) is 4. The predicted octanol–water partition coefficient (Wildman–Crippen LogP) is 2.57. The molecule has 2 heterocycles. The summed E-state index contributed by atoms with van der Waals surface area (Å²) in [7, 11) is 0. The predicted molar refractivity (Wildman–Crippen MR) is 85.6 cm³/mol. The number of nitrogens with two attached hydrogens (primary N) is 1. The highest BCUT2D eigenvalue weighted by molar-refractivity contribution is 9.10. The zero-order valence-corrected chi connectivity index (χ0v) is 13.4. The van der Waals surface area contributed by atoms with Gasteiger partial charge in [-0.1, -0.05) is 0 Å². The average molecular weight is 359 g/mol. The van der Waals surface area contributed by atoms with E-state index in [1.54, 1.807) is 6.07 Å². The molecule has 1 aromatic carbocycles. The van der Waals surface area contributed by atoms with Gasteiger partial charge in [-0.05, 0) is 22.0 Å². The topological polar surface area (TPSA) is 47.1 Å². The maximum Gasteiger partial charge on any atom is 0.201 e.